The summed E-state index contributed by atoms with van der Waals surface area (Å²) in [5.74, 6) is 1.61. The Kier molecular flexibility index (Phi) is 4.17. The van der Waals surface area contributed by atoms with Crippen LogP contribution in [0.2, 0.25) is 5.02 Å². The summed E-state index contributed by atoms with van der Waals surface area (Å²) in [6.07, 6.45) is 2.55. The lowest BCUT2D eigenvalue weighted by atomic mass is 10.0. The molecule has 1 saturated carbocycles. The van der Waals surface area contributed by atoms with E-state index >= 15 is 0 Å². The third-order valence-electron chi connectivity index (χ3n) is 4.21. The molecular weight excluding hydrogens is 306 g/mol. The van der Waals surface area contributed by atoms with E-state index < -0.39 is 6.10 Å². The van der Waals surface area contributed by atoms with Gasteiger partial charge in [-0.25, -0.2) is 14.9 Å². The minimum Gasteiger partial charge on any atom is -0.393 e. The average molecular weight is 324 g/mol. The maximum Gasteiger partial charge on any atom is 0.343 e. The van der Waals surface area contributed by atoms with Gasteiger partial charge < -0.3 is 10.4 Å². The Balaban J connectivity index is 1.62. The molecule has 0 bridgehead atoms. The molecule has 118 valence electrons. The number of aromatic nitrogens is 4. The summed E-state index contributed by atoms with van der Waals surface area (Å²) < 4.78 is 1.51. The fourth-order valence-electron chi connectivity index (χ4n) is 2.97. The van der Waals surface area contributed by atoms with Crippen molar-refractivity contribution in [1.82, 2.24) is 19.7 Å². The molecule has 0 amide bonds. The summed E-state index contributed by atoms with van der Waals surface area (Å²) in [5, 5.41) is 20.5. The van der Waals surface area contributed by atoms with Crippen LogP contribution in [-0.2, 0) is 7.05 Å². The maximum atomic E-state index is 11.4. The number of hydrogen-bond donors (Lipinski definition) is 3. The van der Waals surface area contributed by atoms with Crippen LogP contribution in [0.15, 0.2) is 23.1 Å². The maximum absolute atomic E-state index is 11.4. The summed E-state index contributed by atoms with van der Waals surface area (Å²) in [7, 11) is 1.69. The second-order valence-corrected chi connectivity index (χ2v) is 6.12. The normalized spacial score (nSPS) is 24.6. The van der Waals surface area contributed by atoms with E-state index in [-0.39, 0.29) is 17.5 Å². The van der Waals surface area contributed by atoms with Gasteiger partial charge >= 0.3 is 5.69 Å². The Bertz CT molecular complexity index is 696. The Morgan fingerprint density at radius 1 is 1.50 bits per heavy atom. The molecule has 0 spiro atoms. The molecule has 1 aliphatic carbocycles. The van der Waals surface area contributed by atoms with Crippen molar-refractivity contribution in [1.29, 1.82) is 0 Å². The van der Waals surface area contributed by atoms with Crippen LogP contribution in [0.25, 0.3) is 0 Å². The number of aromatic amines is 1. The lowest BCUT2D eigenvalue weighted by Crippen LogP contribution is -2.22. The third kappa shape index (κ3) is 3.00. The molecule has 3 N–H and O–H groups in total. The fraction of sp³-hybridized carbons (Fsp3) is 0.500. The summed E-state index contributed by atoms with van der Waals surface area (Å²) >= 11 is 5.80. The molecule has 1 aliphatic rings. The molecule has 2 aromatic rings. The van der Waals surface area contributed by atoms with Crippen molar-refractivity contribution < 1.29 is 5.11 Å². The number of anilines is 1. The summed E-state index contributed by atoms with van der Waals surface area (Å²) in [5.41, 5.74) is -0.226. The summed E-state index contributed by atoms with van der Waals surface area (Å²) in [4.78, 5) is 15.6. The molecule has 3 atom stereocenters. The molecule has 0 unspecified atom stereocenters. The number of rotatable bonds is 4. The van der Waals surface area contributed by atoms with Crippen LogP contribution >= 0.6 is 11.6 Å². The van der Waals surface area contributed by atoms with Crippen LogP contribution in [0.4, 0.5) is 5.82 Å². The van der Waals surface area contributed by atoms with E-state index in [1.165, 1.54) is 4.57 Å². The molecule has 0 aliphatic heterocycles. The SMILES string of the molecule is Cn1c([C@H]2C[C@H](CNc3ccc(Cl)cn3)[C@H](O)C2)n[nH]c1=O. The Labute approximate surface area is 132 Å². The van der Waals surface area contributed by atoms with Crippen LogP contribution in [0.1, 0.15) is 24.6 Å². The molecular formula is C14H18ClN5O2. The molecule has 2 aromatic heterocycles. The van der Waals surface area contributed by atoms with E-state index in [1.807, 2.05) is 0 Å². The van der Waals surface area contributed by atoms with E-state index in [1.54, 1.807) is 25.4 Å². The number of halogens is 1. The second kappa shape index (κ2) is 6.10. The van der Waals surface area contributed by atoms with Gasteiger partial charge in [0.1, 0.15) is 11.6 Å². The first-order chi connectivity index (χ1) is 10.5. The Morgan fingerprint density at radius 3 is 2.95 bits per heavy atom. The molecule has 3 rings (SSSR count). The molecule has 1 fully saturated rings. The van der Waals surface area contributed by atoms with Crippen molar-refractivity contribution in [3.63, 3.8) is 0 Å². The molecule has 2 heterocycles. The van der Waals surface area contributed by atoms with E-state index in [9.17, 15) is 9.90 Å². The number of nitrogens with one attached hydrogen (secondary N) is 2. The van der Waals surface area contributed by atoms with Gasteiger partial charge in [0.2, 0.25) is 0 Å². The monoisotopic (exact) mass is 323 g/mol. The number of aliphatic hydroxyl groups excluding tert-OH is 1. The van der Waals surface area contributed by atoms with Crippen molar-refractivity contribution in [3.8, 4) is 0 Å². The molecule has 0 saturated heterocycles. The van der Waals surface area contributed by atoms with Gasteiger partial charge in [-0.3, -0.25) is 4.57 Å². The standard InChI is InChI=1S/C14H18ClN5O2/c1-20-13(18-19-14(20)22)8-4-9(11(21)5-8)6-16-12-3-2-10(15)7-17-12/h2-3,7-9,11,21H,4-6H2,1H3,(H,16,17)(H,19,22)/t8-,9+,11+/m0/s1. The van der Waals surface area contributed by atoms with Gasteiger partial charge in [-0.15, -0.1) is 0 Å². The zero-order chi connectivity index (χ0) is 15.7. The smallest absolute Gasteiger partial charge is 0.343 e. The van der Waals surface area contributed by atoms with Gasteiger partial charge in [0, 0.05) is 31.6 Å². The topological polar surface area (TPSA) is 95.8 Å². The minimum absolute atomic E-state index is 0.0870. The van der Waals surface area contributed by atoms with Crippen molar-refractivity contribution >= 4 is 17.4 Å². The van der Waals surface area contributed by atoms with E-state index in [2.05, 4.69) is 20.5 Å². The van der Waals surface area contributed by atoms with Crippen LogP contribution in [-0.4, -0.2) is 37.5 Å². The summed E-state index contributed by atoms with van der Waals surface area (Å²) in [6.45, 7) is 0.616. The van der Waals surface area contributed by atoms with E-state index in [0.717, 1.165) is 12.2 Å². The molecule has 22 heavy (non-hydrogen) atoms. The zero-order valence-corrected chi connectivity index (χ0v) is 12.9. The number of hydrogen-bond acceptors (Lipinski definition) is 5. The number of pyridine rings is 1. The number of H-pyrrole nitrogens is 1. The molecule has 7 nitrogen and oxygen atoms in total. The highest BCUT2D eigenvalue weighted by Gasteiger charge is 2.36. The van der Waals surface area contributed by atoms with Gasteiger partial charge in [0.15, 0.2) is 0 Å². The predicted molar refractivity (Wildman–Crippen MR) is 83.0 cm³/mol. The van der Waals surface area contributed by atoms with Crippen molar-refractivity contribution in [2.24, 2.45) is 13.0 Å². The lowest BCUT2D eigenvalue weighted by Gasteiger charge is -2.15. The van der Waals surface area contributed by atoms with Gasteiger partial charge in [0.25, 0.3) is 0 Å². The highest BCUT2D eigenvalue weighted by Crippen LogP contribution is 2.37. The quantitative estimate of drug-likeness (QED) is 0.783. The average Bonchev–Trinajstić information content (AvgIpc) is 3.02. The number of aliphatic hydroxyl groups is 1. The fourth-order valence-corrected chi connectivity index (χ4v) is 3.09. The van der Waals surface area contributed by atoms with Gasteiger partial charge in [-0.05, 0) is 25.0 Å². The first-order valence-electron chi connectivity index (χ1n) is 7.19. The van der Waals surface area contributed by atoms with Crippen LogP contribution in [0.5, 0.6) is 0 Å². The highest BCUT2D eigenvalue weighted by molar-refractivity contribution is 6.30. The lowest BCUT2D eigenvalue weighted by molar-refractivity contribution is 0.137. The van der Waals surface area contributed by atoms with Crippen molar-refractivity contribution in [3.05, 3.63) is 39.7 Å². The van der Waals surface area contributed by atoms with Gasteiger partial charge in [0.05, 0.1) is 11.1 Å². The largest absolute Gasteiger partial charge is 0.393 e. The minimum atomic E-state index is -0.420. The van der Waals surface area contributed by atoms with Crippen molar-refractivity contribution in [2.75, 3.05) is 11.9 Å². The van der Waals surface area contributed by atoms with Crippen LogP contribution in [0, 0.1) is 5.92 Å². The second-order valence-electron chi connectivity index (χ2n) is 5.68. The molecule has 0 radical (unpaired) electrons. The predicted octanol–water partition coefficient (Wildman–Crippen LogP) is 1.12. The molecule has 8 heteroatoms. The first kappa shape index (κ1) is 15.1. The van der Waals surface area contributed by atoms with E-state index in [4.69, 9.17) is 11.6 Å². The number of nitrogens with zero attached hydrogens (tertiary/aromatic N) is 3. The third-order valence-corrected chi connectivity index (χ3v) is 4.43. The van der Waals surface area contributed by atoms with E-state index in [0.29, 0.717) is 23.8 Å². The first-order valence-corrected chi connectivity index (χ1v) is 7.57. The summed E-state index contributed by atoms with van der Waals surface area (Å²) in [6, 6.07) is 3.57. The highest BCUT2D eigenvalue weighted by atomic mass is 35.5. The van der Waals surface area contributed by atoms with Gasteiger partial charge in [-0.1, -0.05) is 11.6 Å². The Hall–Kier alpha value is -1.86. The molecule has 0 aromatic carbocycles. The van der Waals surface area contributed by atoms with Gasteiger partial charge in [-0.2, -0.15) is 5.10 Å². The Morgan fingerprint density at radius 2 is 2.32 bits per heavy atom. The van der Waals surface area contributed by atoms with Crippen LogP contribution in [0.3, 0.4) is 0 Å². The zero-order valence-electron chi connectivity index (χ0n) is 12.2. The van der Waals surface area contributed by atoms with Crippen molar-refractivity contribution in [2.45, 2.75) is 24.9 Å². The van der Waals surface area contributed by atoms with Crippen LogP contribution < -0.4 is 11.0 Å².